The normalized spacial score (nSPS) is 28.7. The van der Waals surface area contributed by atoms with Gasteiger partial charge in [0.2, 0.25) is 5.91 Å². The van der Waals surface area contributed by atoms with Gasteiger partial charge in [-0.2, -0.15) is 0 Å². The molecule has 1 aromatic carbocycles. The molecule has 1 aliphatic carbocycles. The zero-order valence-corrected chi connectivity index (χ0v) is 15.9. The van der Waals surface area contributed by atoms with E-state index < -0.39 is 12.2 Å². The first-order chi connectivity index (χ1) is 14.0. The molecule has 4 aliphatic heterocycles. The molecule has 0 bridgehead atoms. The van der Waals surface area contributed by atoms with E-state index in [-0.39, 0.29) is 42.3 Å². The van der Waals surface area contributed by atoms with Crippen LogP contribution >= 0.6 is 0 Å². The fraction of sp³-hybridized carbons (Fsp3) is 0.600. The molecule has 0 unspecified atom stereocenters. The fourth-order valence-corrected chi connectivity index (χ4v) is 4.65. The molecule has 1 aromatic rings. The van der Waals surface area contributed by atoms with Crippen molar-refractivity contribution in [1.29, 1.82) is 0 Å². The predicted octanol–water partition coefficient (Wildman–Crippen LogP) is 1.27. The second-order valence-corrected chi connectivity index (χ2v) is 8.81. The Morgan fingerprint density at radius 1 is 1.24 bits per heavy atom. The SMILES string of the molecule is O=C(NC[C@@H]1OC(=O)N2c3cc(F)c(N4CC5(COC5)C4)cc3OC[C@@H]12)C1CC1. The number of fused-ring (bicyclic) bond motifs is 3. The minimum Gasteiger partial charge on any atom is -0.489 e. The lowest BCUT2D eigenvalue weighted by Crippen LogP contribution is -2.66. The summed E-state index contributed by atoms with van der Waals surface area (Å²) in [5.74, 6) is 0.173. The lowest BCUT2D eigenvalue weighted by Gasteiger charge is -2.56. The maximum Gasteiger partial charge on any atom is 0.415 e. The standard InChI is InChI=1S/C20H22FN3O5/c21-12-3-14-16(4-13(12)23-7-20(8-23)9-27-10-20)28-6-15-17(29-19(26)24(14)15)5-22-18(25)11-1-2-11/h3-4,11,15,17H,1-2,5-10H2,(H,22,25)/t15-,17-/m0/s1. The number of hydrogen-bond donors (Lipinski definition) is 1. The van der Waals surface area contributed by atoms with Gasteiger partial charge in [0, 0.05) is 31.1 Å². The van der Waals surface area contributed by atoms with E-state index in [2.05, 4.69) is 5.32 Å². The quantitative estimate of drug-likeness (QED) is 0.816. The minimum absolute atomic E-state index is 0.00324. The molecule has 9 heteroatoms. The van der Waals surface area contributed by atoms with Crippen molar-refractivity contribution in [3.8, 4) is 5.75 Å². The van der Waals surface area contributed by atoms with E-state index in [0.717, 1.165) is 39.1 Å². The first-order valence-corrected chi connectivity index (χ1v) is 10.1. The summed E-state index contributed by atoms with van der Waals surface area (Å²) in [6.45, 7) is 3.46. The number of ether oxygens (including phenoxy) is 3. The number of cyclic esters (lactones) is 1. The van der Waals surface area contributed by atoms with Crippen LogP contribution in [0.2, 0.25) is 0 Å². The van der Waals surface area contributed by atoms with Crippen molar-refractivity contribution < 1.29 is 28.2 Å². The third kappa shape index (κ3) is 2.67. The molecular formula is C20H22FN3O5. The van der Waals surface area contributed by atoms with Gasteiger partial charge in [-0.15, -0.1) is 0 Å². The number of carbonyl (C=O) groups excluding carboxylic acids is 2. The van der Waals surface area contributed by atoms with Gasteiger partial charge < -0.3 is 24.4 Å². The summed E-state index contributed by atoms with van der Waals surface area (Å²) >= 11 is 0. The van der Waals surface area contributed by atoms with Crippen molar-refractivity contribution in [1.82, 2.24) is 5.32 Å². The van der Waals surface area contributed by atoms with Crippen LogP contribution in [0.4, 0.5) is 20.6 Å². The van der Waals surface area contributed by atoms with Crippen LogP contribution < -0.4 is 19.9 Å². The zero-order chi connectivity index (χ0) is 19.8. The van der Waals surface area contributed by atoms with Gasteiger partial charge in [-0.1, -0.05) is 0 Å². The molecule has 4 fully saturated rings. The van der Waals surface area contributed by atoms with Gasteiger partial charge >= 0.3 is 6.09 Å². The van der Waals surface area contributed by atoms with Gasteiger partial charge in [-0.05, 0) is 12.8 Å². The number of carbonyl (C=O) groups is 2. The minimum atomic E-state index is -0.535. The molecule has 29 heavy (non-hydrogen) atoms. The molecule has 6 rings (SSSR count). The number of halogens is 1. The first-order valence-electron chi connectivity index (χ1n) is 10.1. The van der Waals surface area contributed by atoms with Crippen molar-refractivity contribution in [2.45, 2.75) is 25.0 Å². The number of amides is 2. The maximum absolute atomic E-state index is 14.9. The van der Waals surface area contributed by atoms with Crippen LogP contribution in [0.3, 0.4) is 0 Å². The first kappa shape index (κ1) is 17.3. The van der Waals surface area contributed by atoms with Crippen LogP contribution in [-0.2, 0) is 14.3 Å². The van der Waals surface area contributed by atoms with Gasteiger partial charge in [0.15, 0.2) is 0 Å². The van der Waals surface area contributed by atoms with E-state index in [9.17, 15) is 14.0 Å². The van der Waals surface area contributed by atoms with Gasteiger partial charge in [0.05, 0.1) is 36.5 Å². The van der Waals surface area contributed by atoms with Gasteiger partial charge in [-0.3, -0.25) is 9.69 Å². The largest absolute Gasteiger partial charge is 0.489 e. The van der Waals surface area contributed by atoms with E-state index in [1.807, 2.05) is 4.90 Å². The van der Waals surface area contributed by atoms with Crippen molar-refractivity contribution in [3.05, 3.63) is 17.9 Å². The van der Waals surface area contributed by atoms with Crippen LogP contribution in [0.5, 0.6) is 5.75 Å². The average Bonchev–Trinajstić information content (AvgIpc) is 3.42. The Labute approximate surface area is 166 Å². The summed E-state index contributed by atoms with van der Waals surface area (Å²) in [6, 6.07) is 2.63. The summed E-state index contributed by atoms with van der Waals surface area (Å²) in [7, 11) is 0. The molecule has 5 aliphatic rings. The predicted molar refractivity (Wildman–Crippen MR) is 99.6 cm³/mol. The van der Waals surface area contributed by atoms with Gasteiger partial charge in [0.1, 0.15) is 30.3 Å². The Kier molecular flexibility index (Phi) is 3.57. The van der Waals surface area contributed by atoms with E-state index in [1.54, 1.807) is 6.07 Å². The molecule has 1 N–H and O–H groups in total. The van der Waals surface area contributed by atoms with Crippen LogP contribution in [0.25, 0.3) is 0 Å². The molecule has 2 amide bonds. The number of benzene rings is 1. The highest BCUT2D eigenvalue weighted by atomic mass is 19.1. The topological polar surface area (TPSA) is 80.3 Å². The molecule has 4 heterocycles. The monoisotopic (exact) mass is 403 g/mol. The van der Waals surface area contributed by atoms with Crippen LogP contribution in [0, 0.1) is 17.2 Å². The smallest absolute Gasteiger partial charge is 0.415 e. The summed E-state index contributed by atoms with van der Waals surface area (Å²) in [5, 5.41) is 2.84. The summed E-state index contributed by atoms with van der Waals surface area (Å²) in [6.07, 6.45) is 0.770. The van der Waals surface area contributed by atoms with E-state index in [0.29, 0.717) is 17.1 Å². The number of nitrogens with zero attached hydrogens (tertiary/aromatic N) is 2. The van der Waals surface area contributed by atoms with E-state index in [4.69, 9.17) is 14.2 Å². The highest BCUT2D eigenvalue weighted by Crippen LogP contribution is 2.46. The third-order valence-corrected chi connectivity index (χ3v) is 6.54. The Bertz CT molecular complexity index is 892. The molecule has 1 saturated carbocycles. The van der Waals surface area contributed by atoms with E-state index in [1.165, 1.54) is 11.0 Å². The highest BCUT2D eigenvalue weighted by molar-refractivity contribution is 5.94. The summed E-state index contributed by atoms with van der Waals surface area (Å²) < 4.78 is 31.5. The lowest BCUT2D eigenvalue weighted by atomic mass is 9.77. The van der Waals surface area contributed by atoms with Crippen LogP contribution in [0.1, 0.15) is 12.8 Å². The van der Waals surface area contributed by atoms with Crippen LogP contribution in [-0.4, -0.2) is 63.6 Å². The van der Waals surface area contributed by atoms with Crippen molar-refractivity contribution in [3.63, 3.8) is 0 Å². The molecule has 8 nitrogen and oxygen atoms in total. The molecule has 0 aromatic heterocycles. The summed E-state index contributed by atoms with van der Waals surface area (Å²) in [4.78, 5) is 27.8. The number of rotatable bonds is 4. The maximum atomic E-state index is 14.9. The van der Waals surface area contributed by atoms with Crippen molar-refractivity contribution in [2.24, 2.45) is 11.3 Å². The Morgan fingerprint density at radius 2 is 2.03 bits per heavy atom. The van der Waals surface area contributed by atoms with Gasteiger partial charge in [0.25, 0.3) is 0 Å². The average molecular weight is 403 g/mol. The Hall–Kier alpha value is -2.55. The Balaban J connectivity index is 1.20. The van der Waals surface area contributed by atoms with Crippen molar-refractivity contribution >= 4 is 23.4 Å². The van der Waals surface area contributed by atoms with Crippen LogP contribution in [0.15, 0.2) is 12.1 Å². The second-order valence-electron chi connectivity index (χ2n) is 8.81. The second kappa shape index (κ2) is 5.98. The van der Waals surface area contributed by atoms with E-state index >= 15 is 0 Å². The zero-order valence-electron chi connectivity index (χ0n) is 15.9. The van der Waals surface area contributed by atoms with Crippen molar-refractivity contribution in [2.75, 3.05) is 49.3 Å². The van der Waals surface area contributed by atoms with Gasteiger partial charge in [-0.25, -0.2) is 9.18 Å². The summed E-state index contributed by atoms with van der Waals surface area (Å²) in [5.41, 5.74) is 1.04. The molecule has 1 spiro atoms. The molecular weight excluding hydrogens is 381 g/mol. The third-order valence-electron chi connectivity index (χ3n) is 6.54. The number of hydrogen-bond acceptors (Lipinski definition) is 6. The molecule has 3 saturated heterocycles. The lowest BCUT2D eigenvalue weighted by molar-refractivity contribution is -0.127. The number of nitrogens with one attached hydrogen (secondary N) is 1. The Morgan fingerprint density at radius 3 is 2.72 bits per heavy atom. The highest BCUT2D eigenvalue weighted by Gasteiger charge is 2.51. The molecule has 0 radical (unpaired) electrons. The molecule has 2 atom stereocenters. The fourth-order valence-electron chi connectivity index (χ4n) is 4.65. The molecule has 154 valence electrons. The number of anilines is 2.